The van der Waals surface area contributed by atoms with Gasteiger partial charge in [-0.15, -0.1) is 0 Å². The molecule has 5 atom stereocenters. The SMILES string of the molecule is O=CN1C2CC3CC1C(O3)C2O. The Labute approximate surface area is 70.1 Å². The summed E-state index contributed by atoms with van der Waals surface area (Å²) in [7, 11) is 0. The van der Waals surface area contributed by atoms with Crippen LogP contribution in [0.3, 0.4) is 0 Å². The lowest BCUT2D eigenvalue weighted by Crippen LogP contribution is -2.45. The number of nitrogens with zero attached hydrogens (tertiary/aromatic N) is 1. The van der Waals surface area contributed by atoms with Gasteiger partial charge in [-0.1, -0.05) is 0 Å². The monoisotopic (exact) mass is 169 g/mol. The van der Waals surface area contributed by atoms with Crippen LogP contribution >= 0.6 is 0 Å². The Bertz CT molecular complexity index is 230. The Balaban J connectivity index is 1.99. The molecule has 0 aliphatic carbocycles. The average Bonchev–Trinajstić information content (AvgIpc) is 2.48. The highest BCUT2D eigenvalue weighted by atomic mass is 16.5. The standard InChI is InChI=1S/C8H11NO3/c10-3-9-5-1-4-2-6(9)8(12-4)7(5)11/h3-8,11H,1-2H2. The van der Waals surface area contributed by atoms with E-state index in [0.717, 1.165) is 19.3 Å². The highest BCUT2D eigenvalue weighted by Gasteiger charge is 2.59. The van der Waals surface area contributed by atoms with E-state index in [4.69, 9.17) is 4.74 Å². The molecular formula is C8H11NO3. The molecule has 4 nitrogen and oxygen atoms in total. The van der Waals surface area contributed by atoms with Gasteiger partial charge in [-0.05, 0) is 12.8 Å². The van der Waals surface area contributed by atoms with Crippen LogP contribution in [0.5, 0.6) is 0 Å². The summed E-state index contributed by atoms with van der Waals surface area (Å²) in [5.74, 6) is 0. The van der Waals surface area contributed by atoms with Crippen LogP contribution in [0.25, 0.3) is 0 Å². The van der Waals surface area contributed by atoms with Crippen molar-refractivity contribution in [1.82, 2.24) is 4.90 Å². The third-order valence-corrected chi connectivity index (χ3v) is 3.36. The second-order valence-corrected chi connectivity index (χ2v) is 3.87. The summed E-state index contributed by atoms with van der Waals surface area (Å²) in [6, 6.07) is 0.186. The van der Waals surface area contributed by atoms with Crippen LogP contribution < -0.4 is 0 Å². The molecule has 4 aliphatic rings. The molecule has 4 aliphatic heterocycles. The number of amides is 1. The summed E-state index contributed by atoms with van der Waals surface area (Å²) in [6.07, 6.45) is 2.33. The van der Waals surface area contributed by atoms with Gasteiger partial charge in [0.2, 0.25) is 6.41 Å². The van der Waals surface area contributed by atoms with E-state index >= 15 is 0 Å². The molecule has 4 fully saturated rings. The molecule has 1 N–H and O–H groups in total. The number of aliphatic hydroxyl groups is 1. The van der Waals surface area contributed by atoms with Crippen molar-refractivity contribution >= 4 is 6.41 Å². The third kappa shape index (κ3) is 0.593. The summed E-state index contributed by atoms with van der Waals surface area (Å²) in [6.45, 7) is 0. The number of ether oxygens (including phenoxy) is 1. The number of hydrogen-bond acceptors (Lipinski definition) is 3. The van der Waals surface area contributed by atoms with Crippen molar-refractivity contribution < 1.29 is 14.6 Å². The zero-order chi connectivity index (χ0) is 8.29. The van der Waals surface area contributed by atoms with Gasteiger partial charge in [-0.25, -0.2) is 0 Å². The topological polar surface area (TPSA) is 49.8 Å². The van der Waals surface area contributed by atoms with E-state index in [9.17, 15) is 9.90 Å². The molecule has 0 radical (unpaired) electrons. The predicted octanol–water partition coefficient (Wildman–Crippen LogP) is -0.882. The van der Waals surface area contributed by atoms with Crippen LogP contribution in [0.2, 0.25) is 0 Å². The lowest BCUT2D eigenvalue weighted by molar-refractivity contribution is -0.125. The van der Waals surface area contributed by atoms with Gasteiger partial charge in [0.15, 0.2) is 0 Å². The molecule has 4 bridgehead atoms. The summed E-state index contributed by atoms with van der Waals surface area (Å²) in [5, 5.41) is 9.68. The second-order valence-electron chi connectivity index (χ2n) is 3.87. The van der Waals surface area contributed by atoms with E-state index in [1.807, 2.05) is 0 Å². The van der Waals surface area contributed by atoms with Crippen LogP contribution in [0.15, 0.2) is 0 Å². The smallest absolute Gasteiger partial charge is 0.210 e. The minimum Gasteiger partial charge on any atom is -0.388 e. The van der Waals surface area contributed by atoms with Gasteiger partial charge in [0.1, 0.15) is 12.2 Å². The number of aliphatic hydroxyl groups excluding tert-OH is 1. The zero-order valence-corrected chi connectivity index (χ0v) is 6.59. The van der Waals surface area contributed by atoms with Crippen LogP contribution in [-0.4, -0.2) is 46.8 Å². The minimum absolute atomic E-state index is 0.0324. The molecule has 0 aromatic carbocycles. The Kier molecular flexibility index (Phi) is 1.14. The van der Waals surface area contributed by atoms with Crippen LogP contribution in [0, 0.1) is 0 Å². The van der Waals surface area contributed by atoms with E-state index in [0.29, 0.717) is 6.10 Å². The molecule has 0 spiro atoms. The van der Waals surface area contributed by atoms with E-state index in [-0.39, 0.29) is 18.2 Å². The van der Waals surface area contributed by atoms with E-state index in [1.54, 1.807) is 4.90 Å². The predicted molar refractivity (Wildman–Crippen MR) is 39.4 cm³/mol. The van der Waals surface area contributed by atoms with Crippen molar-refractivity contribution in [2.45, 2.75) is 43.2 Å². The lowest BCUT2D eigenvalue weighted by atomic mass is 10.0. The molecule has 0 saturated carbocycles. The summed E-state index contributed by atoms with van der Waals surface area (Å²) in [5.41, 5.74) is 0. The molecule has 0 aromatic heterocycles. The van der Waals surface area contributed by atoms with Crippen molar-refractivity contribution in [2.75, 3.05) is 0 Å². The largest absolute Gasteiger partial charge is 0.388 e. The van der Waals surface area contributed by atoms with Crippen molar-refractivity contribution in [2.24, 2.45) is 0 Å². The fraction of sp³-hybridized carbons (Fsp3) is 0.875. The van der Waals surface area contributed by atoms with Crippen LogP contribution in [-0.2, 0) is 9.53 Å². The molecule has 4 heteroatoms. The number of rotatable bonds is 1. The van der Waals surface area contributed by atoms with Crippen molar-refractivity contribution in [3.63, 3.8) is 0 Å². The Morgan fingerprint density at radius 3 is 2.83 bits per heavy atom. The van der Waals surface area contributed by atoms with E-state index in [2.05, 4.69) is 0 Å². The number of carbonyl (C=O) groups excluding carboxylic acids is 1. The van der Waals surface area contributed by atoms with Crippen molar-refractivity contribution in [1.29, 1.82) is 0 Å². The fourth-order valence-corrected chi connectivity index (χ4v) is 2.85. The summed E-state index contributed by atoms with van der Waals surface area (Å²) in [4.78, 5) is 12.4. The van der Waals surface area contributed by atoms with Gasteiger partial charge >= 0.3 is 0 Å². The van der Waals surface area contributed by atoms with Gasteiger partial charge in [-0.3, -0.25) is 4.79 Å². The van der Waals surface area contributed by atoms with Gasteiger partial charge in [0, 0.05) is 0 Å². The average molecular weight is 169 g/mol. The second kappa shape index (κ2) is 2.00. The van der Waals surface area contributed by atoms with Crippen LogP contribution in [0.4, 0.5) is 0 Å². The van der Waals surface area contributed by atoms with Gasteiger partial charge in [0.05, 0.1) is 18.2 Å². The first-order valence-corrected chi connectivity index (χ1v) is 4.37. The van der Waals surface area contributed by atoms with Gasteiger partial charge in [-0.2, -0.15) is 0 Å². The summed E-state index contributed by atoms with van der Waals surface area (Å²) < 4.78 is 5.54. The zero-order valence-electron chi connectivity index (χ0n) is 6.59. The first-order chi connectivity index (χ1) is 5.81. The molecule has 12 heavy (non-hydrogen) atoms. The molecule has 4 rings (SSSR count). The normalized spacial score (nSPS) is 55.1. The third-order valence-electron chi connectivity index (χ3n) is 3.36. The molecule has 4 saturated heterocycles. The summed E-state index contributed by atoms with van der Waals surface area (Å²) >= 11 is 0. The first-order valence-electron chi connectivity index (χ1n) is 4.37. The quantitative estimate of drug-likeness (QED) is 0.518. The molecular weight excluding hydrogens is 158 g/mol. The Morgan fingerprint density at radius 1 is 1.42 bits per heavy atom. The Morgan fingerprint density at radius 2 is 2.17 bits per heavy atom. The molecule has 5 unspecified atom stereocenters. The fourth-order valence-electron chi connectivity index (χ4n) is 2.85. The van der Waals surface area contributed by atoms with Crippen molar-refractivity contribution in [3.05, 3.63) is 0 Å². The molecule has 1 amide bonds. The maximum atomic E-state index is 10.7. The number of piperidine rings is 1. The van der Waals surface area contributed by atoms with Crippen molar-refractivity contribution in [3.8, 4) is 0 Å². The van der Waals surface area contributed by atoms with E-state index in [1.165, 1.54) is 0 Å². The number of carbonyl (C=O) groups is 1. The van der Waals surface area contributed by atoms with Gasteiger partial charge in [0.25, 0.3) is 0 Å². The molecule has 66 valence electrons. The maximum Gasteiger partial charge on any atom is 0.210 e. The van der Waals surface area contributed by atoms with E-state index < -0.39 is 6.10 Å². The molecule has 0 aromatic rings. The minimum atomic E-state index is -0.445. The number of hydrogen-bond donors (Lipinski definition) is 1. The highest BCUT2D eigenvalue weighted by Crippen LogP contribution is 2.44. The maximum absolute atomic E-state index is 10.7. The van der Waals surface area contributed by atoms with Crippen LogP contribution in [0.1, 0.15) is 12.8 Å². The first kappa shape index (κ1) is 6.86. The van der Waals surface area contributed by atoms with Gasteiger partial charge < -0.3 is 14.7 Å². The Hall–Kier alpha value is -0.610. The molecule has 4 heterocycles. The highest BCUT2D eigenvalue weighted by molar-refractivity contribution is 5.51. The lowest BCUT2D eigenvalue weighted by Gasteiger charge is -2.33.